The van der Waals surface area contributed by atoms with Crippen LogP contribution in [-0.4, -0.2) is 19.3 Å². The molecule has 0 atom stereocenters. The van der Waals surface area contributed by atoms with Gasteiger partial charge in [-0.2, -0.15) is 0 Å². The maximum absolute atomic E-state index is 12.0. The van der Waals surface area contributed by atoms with E-state index in [-0.39, 0.29) is 6.67 Å². The highest BCUT2D eigenvalue weighted by Crippen LogP contribution is 2.25. The van der Waals surface area contributed by atoms with Gasteiger partial charge in [0.25, 0.3) is 0 Å². The molecule has 1 aliphatic carbocycles. The van der Waals surface area contributed by atoms with Gasteiger partial charge in [0, 0.05) is 29.6 Å². The smallest absolute Gasteiger partial charge is 0.123 e. The van der Waals surface area contributed by atoms with E-state index in [1.54, 1.807) is 6.07 Å². The third-order valence-corrected chi connectivity index (χ3v) is 2.95. The molecule has 0 spiro atoms. The average molecular weight is 258 g/mol. The van der Waals surface area contributed by atoms with Crippen LogP contribution in [0.1, 0.15) is 24.8 Å². The first-order chi connectivity index (χ1) is 8.29. The van der Waals surface area contributed by atoms with Crippen molar-refractivity contribution in [3.63, 3.8) is 0 Å². The molecule has 1 fully saturated rings. The van der Waals surface area contributed by atoms with Crippen molar-refractivity contribution in [3.05, 3.63) is 28.8 Å². The summed E-state index contributed by atoms with van der Waals surface area (Å²) in [5, 5.41) is 4.12. The van der Waals surface area contributed by atoms with Crippen molar-refractivity contribution >= 4 is 11.6 Å². The highest BCUT2D eigenvalue weighted by Gasteiger charge is 2.20. The molecule has 0 saturated heterocycles. The molecule has 1 aliphatic rings. The zero-order valence-corrected chi connectivity index (χ0v) is 10.5. The second-order valence-corrected chi connectivity index (χ2v) is 4.73. The molecule has 0 radical (unpaired) electrons. The molecular formula is C13H17ClFNO. The Hall–Kier alpha value is -0.800. The van der Waals surface area contributed by atoms with Crippen LogP contribution in [0.5, 0.6) is 5.75 Å². The normalized spacial score (nSPS) is 14.9. The number of rotatable bonds is 7. The van der Waals surface area contributed by atoms with Crippen LogP contribution in [0.25, 0.3) is 0 Å². The van der Waals surface area contributed by atoms with E-state index in [0.29, 0.717) is 24.1 Å². The quantitative estimate of drug-likeness (QED) is 0.757. The first-order valence-corrected chi connectivity index (χ1v) is 6.38. The zero-order valence-electron chi connectivity index (χ0n) is 9.72. The second kappa shape index (κ2) is 6.22. The summed E-state index contributed by atoms with van der Waals surface area (Å²) in [7, 11) is 0. The first kappa shape index (κ1) is 12.7. The summed E-state index contributed by atoms with van der Waals surface area (Å²) in [5.74, 6) is 0.802. The molecule has 0 unspecified atom stereocenters. The molecule has 2 nitrogen and oxygen atoms in total. The Kier molecular flexibility index (Phi) is 4.63. The molecule has 0 amide bonds. The van der Waals surface area contributed by atoms with Crippen LogP contribution >= 0.6 is 11.6 Å². The number of benzene rings is 1. The third kappa shape index (κ3) is 4.17. The third-order valence-electron chi connectivity index (χ3n) is 2.72. The molecule has 2 rings (SSSR count). The fraction of sp³-hybridized carbons (Fsp3) is 0.538. The lowest BCUT2D eigenvalue weighted by molar-refractivity contribution is 0.286. The van der Waals surface area contributed by atoms with Gasteiger partial charge >= 0.3 is 0 Å². The molecule has 17 heavy (non-hydrogen) atoms. The van der Waals surface area contributed by atoms with Gasteiger partial charge in [0.1, 0.15) is 5.75 Å². The lowest BCUT2D eigenvalue weighted by atomic mass is 10.2. The summed E-state index contributed by atoms with van der Waals surface area (Å²) in [5.41, 5.74) is 1.04. The first-order valence-electron chi connectivity index (χ1n) is 6.00. The summed E-state index contributed by atoms with van der Waals surface area (Å²) in [6, 6.07) is 6.20. The Morgan fingerprint density at radius 1 is 1.41 bits per heavy atom. The van der Waals surface area contributed by atoms with Crippen LogP contribution in [-0.2, 0) is 6.54 Å². The van der Waals surface area contributed by atoms with Crippen LogP contribution in [0.3, 0.4) is 0 Å². The van der Waals surface area contributed by atoms with Gasteiger partial charge in [-0.3, -0.25) is 4.39 Å². The maximum Gasteiger partial charge on any atom is 0.123 e. The number of nitrogens with one attached hydrogen (secondary N) is 1. The molecule has 0 bridgehead atoms. The Morgan fingerprint density at radius 3 is 2.94 bits per heavy atom. The molecule has 1 aromatic rings. The summed E-state index contributed by atoms with van der Waals surface area (Å²) in [6.45, 7) is 0.827. The average Bonchev–Trinajstić information content (AvgIpc) is 3.13. The van der Waals surface area contributed by atoms with E-state index >= 15 is 0 Å². The fourth-order valence-electron chi connectivity index (χ4n) is 1.61. The van der Waals surface area contributed by atoms with Crippen molar-refractivity contribution in [2.24, 2.45) is 0 Å². The minimum atomic E-state index is -0.344. The van der Waals surface area contributed by atoms with Gasteiger partial charge in [0.15, 0.2) is 0 Å². The highest BCUT2D eigenvalue weighted by atomic mass is 35.5. The van der Waals surface area contributed by atoms with Crippen molar-refractivity contribution in [2.45, 2.75) is 31.8 Å². The van der Waals surface area contributed by atoms with Gasteiger partial charge in [-0.15, -0.1) is 0 Å². The van der Waals surface area contributed by atoms with Crippen LogP contribution < -0.4 is 10.1 Å². The lowest BCUT2D eigenvalue weighted by Crippen LogP contribution is -2.16. The van der Waals surface area contributed by atoms with E-state index in [0.717, 1.165) is 17.9 Å². The van der Waals surface area contributed by atoms with E-state index in [4.69, 9.17) is 16.3 Å². The van der Waals surface area contributed by atoms with Crippen LogP contribution in [0.4, 0.5) is 4.39 Å². The number of alkyl halides is 1. The van der Waals surface area contributed by atoms with Gasteiger partial charge in [0.2, 0.25) is 0 Å². The molecular weight excluding hydrogens is 241 g/mol. The molecule has 0 aliphatic heterocycles. The summed E-state index contributed by atoms with van der Waals surface area (Å²) in [6.07, 6.45) is 2.93. The van der Waals surface area contributed by atoms with Crippen molar-refractivity contribution in [2.75, 3.05) is 13.3 Å². The van der Waals surface area contributed by atoms with Gasteiger partial charge in [0.05, 0.1) is 13.3 Å². The predicted octanol–water partition coefficient (Wildman–Crippen LogP) is 3.33. The summed E-state index contributed by atoms with van der Waals surface area (Å²) < 4.78 is 17.6. The molecule has 0 heterocycles. The fourth-order valence-corrected chi connectivity index (χ4v) is 1.80. The van der Waals surface area contributed by atoms with Gasteiger partial charge in [-0.1, -0.05) is 11.6 Å². The van der Waals surface area contributed by atoms with E-state index in [1.807, 2.05) is 12.1 Å². The van der Waals surface area contributed by atoms with E-state index in [9.17, 15) is 4.39 Å². The second-order valence-electron chi connectivity index (χ2n) is 4.30. The van der Waals surface area contributed by atoms with Crippen LogP contribution in [0.15, 0.2) is 18.2 Å². The van der Waals surface area contributed by atoms with Crippen molar-refractivity contribution < 1.29 is 9.13 Å². The van der Waals surface area contributed by atoms with E-state index < -0.39 is 0 Å². The molecule has 0 aromatic heterocycles. The number of hydrogen-bond donors (Lipinski definition) is 1. The SMILES string of the molecule is FCCCOc1ccc(Cl)cc1CNC1CC1. The standard InChI is InChI=1S/C13H17ClFNO/c14-11-2-5-13(17-7-1-6-15)10(8-11)9-16-12-3-4-12/h2,5,8,12,16H,1,3-4,6-7,9H2. The van der Waals surface area contributed by atoms with Crippen LogP contribution in [0.2, 0.25) is 5.02 Å². The van der Waals surface area contributed by atoms with Crippen molar-refractivity contribution in [1.82, 2.24) is 5.32 Å². The van der Waals surface area contributed by atoms with Crippen molar-refractivity contribution in [1.29, 1.82) is 0 Å². The Labute approximate surface area is 106 Å². The largest absolute Gasteiger partial charge is 0.493 e. The Morgan fingerprint density at radius 2 is 2.24 bits per heavy atom. The molecule has 1 saturated carbocycles. The summed E-state index contributed by atoms with van der Waals surface area (Å²) >= 11 is 5.97. The minimum Gasteiger partial charge on any atom is -0.493 e. The molecule has 94 valence electrons. The number of halogens is 2. The Balaban J connectivity index is 1.95. The summed E-state index contributed by atoms with van der Waals surface area (Å²) in [4.78, 5) is 0. The van der Waals surface area contributed by atoms with Crippen molar-refractivity contribution in [3.8, 4) is 5.75 Å². The minimum absolute atomic E-state index is 0.344. The maximum atomic E-state index is 12.0. The number of hydrogen-bond acceptors (Lipinski definition) is 2. The lowest BCUT2D eigenvalue weighted by Gasteiger charge is -2.12. The molecule has 4 heteroatoms. The zero-order chi connectivity index (χ0) is 12.1. The number of ether oxygens (including phenoxy) is 1. The monoisotopic (exact) mass is 257 g/mol. The Bertz CT molecular complexity index is 368. The van der Waals surface area contributed by atoms with Gasteiger partial charge in [-0.05, 0) is 31.0 Å². The predicted molar refractivity (Wildman–Crippen MR) is 67.4 cm³/mol. The van der Waals surface area contributed by atoms with Crippen LogP contribution in [0, 0.1) is 0 Å². The van der Waals surface area contributed by atoms with E-state index in [1.165, 1.54) is 12.8 Å². The molecule has 1 aromatic carbocycles. The molecule has 1 N–H and O–H groups in total. The topological polar surface area (TPSA) is 21.3 Å². The van der Waals surface area contributed by atoms with Gasteiger partial charge < -0.3 is 10.1 Å². The highest BCUT2D eigenvalue weighted by molar-refractivity contribution is 6.30. The van der Waals surface area contributed by atoms with Gasteiger partial charge in [-0.25, -0.2) is 0 Å². The van der Waals surface area contributed by atoms with E-state index in [2.05, 4.69) is 5.32 Å².